The first-order valence-corrected chi connectivity index (χ1v) is 3.66. The molecule has 1 N–H and O–H groups in total. The van der Waals surface area contributed by atoms with E-state index < -0.39 is 5.97 Å². The Hall–Kier alpha value is -0.670. The van der Waals surface area contributed by atoms with Gasteiger partial charge in [-0.15, -0.1) is 11.6 Å². The van der Waals surface area contributed by atoms with Crippen LogP contribution >= 0.6 is 25.1 Å². The summed E-state index contributed by atoms with van der Waals surface area (Å²) in [4.78, 5) is 10.5. The molecule has 0 heterocycles. The zero-order valence-electron chi connectivity index (χ0n) is 6.25. The summed E-state index contributed by atoms with van der Waals surface area (Å²) >= 11 is 5.51. The van der Waals surface area contributed by atoms with Crippen molar-refractivity contribution in [3.8, 4) is 0 Å². The number of hydrogen-bond donors (Lipinski definition) is 1. The lowest BCUT2D eigenvalue weighted by Crippen LogP contribution is -1.99. The number of halogens is 1. The molecule has 0 saturated heterocycles. The van der Waals surface area contributed by atoms with Crippen LogP contribution in [0.1, 0.15) is 15.9 Å². The molecule has 2 nitrogen and oxygen atoms in total. The molecule has 0 aromatic heterocycles. The van der Waals surface area contributed by atoms with E-state index in [-0.39, 0.29) is 24.9 Å². The summed E-state index contributed by atoms with van der Waals surface area (Å²) in [6.07, 6.45) is 0. The van der Waals surface area contributed by atoms with Crippen molar-refractivity contribution in [3.63, 3.8) is 0 Å². The number of rotatable bonds is 2. The van der Waals surface area contributed by atoms with E-state index >= 15 is 0 Å². The molecular formula is C8H9ClO2S. The van der Waals surface area contributed by atoms with E-state index in [1.165, 1.54) is 0 Å². The van der Waals surface area contributed by atoms with E-state index in [9.17, 15) is 4.79 Å². The molecule has 1 rings (SSSR count). The molecule has 12 heavy (non-hydrogen) atoms. The third-order valence-electron chi connectivity index (χ3n) is 1.39. The van der Waals surface area contributed by atoms with Crippen LogP contribution in [0.3, 0.4) is 0 Å². The second-order valence-corrected chi connectivity index (χ2v) is 2.36. The van der Waals surface area contributed by atoms with Crippen LogP contribution in [0.25, 0.3) is 0 Å². The highest BCUT2D eigenvalue weighted by atomic mass is 35.5. The zero-order chi connectivity index (χ0) is 8.27. The van der Waals surface area contributed by atoms with Gasteiger partial charge in [0.05, 0.1) is 5.56 Å². The van der Waals surface area contributed by atoms with Crippen molar-refractivity contribution in [1.82, 2.24) is 0 Å². The topological polar surface area (TPSA) is 37.3 Å². The van der Waals surface area contributed by atoms with Crippen molar-refractivity contribution >= 4 is 31.1 Å². The average molecular weight is 205 g/mol. The van der Waals surface area contributed by atoms with Crippen molar-refractivity contribution < 1.29 is 9.90 Å². The first kappa shape index (κ1) is 11.3. The van der Waals surface area contributed by atoms with Gasteiger partial charge < -0.3 is 5.11 Å². The lowest BCUT2D eigenvalue weighted by Gasteiger charge is -1.99. The Bertz CT molecular complexity index is 276. The van der Waals surface area contributed by atoms with Crippen LogP contribution < -0.4 is 0 Å². The third-order valence-corrected chi connectivity index (χ3v) is 1.68. The molecule has 0 unspecified atom stereocenters. The smallest absolute Gasteiger partial charge is 0.336 e. The molecule has 0 aliphatic heterocycles. The second-order valence-electron chi connectivity index (χ2n) is 2.10. The predicted molar refractivity (Wildman–Crippen MR) is 53.3 cm³/mol. The second kappa shape index (κ2) is 5.06. The normalized spacial score (nSPS) is 8.75. The average Bonchev–Trinajstić information content (AvgIpc) is 2.04. The van der Waals surface area contributed by atoms with Gasteiger partial charge in [0.15, 0.2) is 0 Å². The summed E-state index contributed by atoms with van der Waals surface area (Å²) in [5.41, 5.74) is 0.934. The Labute approximate surface area is 82.6 Å². The van der Waals surface area contributed by atoms with Crippen LogP contribution in [-0.2, 0) is 5.88 Å². The molecule has 0 spiro atoms. The van der Waals surface area contributed by atoms with Gasteiger partial charge in [-0.05, 0) is 11.6 Å². The Kier molecular flexibility index (Phi) is 4.78. The van der Waals surface area contributed by atoms with Gasteiger partial charge in [0, 0.05) is 5.88 Å². The largest absolute Gasteiger partial charge is 0.478 e. The Morgan fingerprint density at radius 2 is 2.00 bits per heavy atom. The fourth-order valence-electron chi connectivity index (χ4n) is 0.845. The molecule has 0 saturated carbocycles. The highest BCUT2D eigenvalue weighted by Crippen LogP contribution is 2.10. The van der Waals surface area contributed by atoms with Gasteiger partial charge >= 0.3 is 5.97 Å². The molecule has 4 heteroatoms. The van der Waals surface area contributed by atoms with Gasteiger partial charge in [-0.3, -0.25) is 0 Å². The number of alkyl halides is 1. The van der Waals surface area contributed by atoms with E-state index in [0.717, 1.165) is 0 Å². The highest BCUT2D eigenvalue weighted by molar-refractivity contribution is 7.59. The van der Waals surface area contributed by atoms with Crippen LogP contribution in [0.2, 0.25) is 0 Å². The molecule has 1 aromatic rings. The number of aromatic carboxylic acids is 1. The van der Waals surface area contributed by atoms with Crippen molar-refractivity contribution in [2.45, 2.75) is 5.88 Å². The quantitative estimate of drug-likeness (QED) is 0.751. The fraction of sp³-hybridized carbons (Fsp3) is 0.125. The van der Waals surface area contributed by atoms with E-state index in [0.29, 0.717) is 5.56 Å². The van der Waals surface area contributed by atoms with Gasteiger partial charge in [-0.2, -0.15) is 13.5 Å². The number of carboxylic acids is 1. The van der Waals surface area contributed by atoms with E-state index in [1.54, 1.807) is 24.3 Å². The van der Waals surface area contributed by atoms with E-state index in [1.807, 2.05) is 0 Å². The molecule has 0 aliphatic rings. The van der Waals surface area contributed by atoms with Crippen molar-refractivity contribution in [2.75, 3.05) is 0 Å². The molecule has 0 bridgehead atoms. The predicted octanol–water partition coefficient (Wildman–Crippen LogP) is 2.24. The molecule has 66 valence electrons. The van der Waals surface area contributed by atoms with Crippen molar-refractivity contribution in [1.29, 1.82) is 0 Å². The van der Waals surface area contributed by atoms with Gasteiger partial charge in [-0.1, -0.05) is 18.2 Å². The van der Waals surface area contributed by atoms with Crippen LogP contribution in [0.5, 0.6) is 0 Å². The number of benzene rings is 1. The molecule has 0 atom stereocenters. The summed E-state index contributed by atoms with van der Waals surface area (Å²) in [6.45, 7) is 0. The molecule has 1 aromatic carbocycles. The summed E-state index contributed by atoms with van der Waals surface area (Å²) in [7, 11) is 0. The fourth-order valence-corrected chi connectivity index (χ4v) is 1.08. The maximum atomic E-state index is 10.5. The summed E-state index contributed by atoms with van der Waals surface area (Å²) < 4.78 is 0. The first-order chi connectivity index (χ1) is 5.25. The monoisotopic (exact) mass is 204 g/mol. The van der Waals surface area contributed by atoms with E-state index in [2.05, 4.69) is 0 Å². The number of carboxylic acid groups (broad SMARTS) is 1. The minimum absolute atomic E-state index is 0. The van der Waals surface area contributed by atoms with Gasteiger partial charge in [0.1, 0.15) is 0 Å². The minimum atomic E-state index is -0.929. The molecular weight excluding hydrogens is 196 g/mol. The zero-order valence-corrected chi connectivity index (χ0v) is 8.01. The SMILES string of the molecule is O=C(O)c1ccccc1CCl.S. The maximum absolute atomic E-state index is 10.5. The summed E-state index contributed by atoms with van der Waals surface area (Å²) in [5, 5.41) is 8.64. The molecule has 0 amide bonds. The standard InChI is InChI=1S/C8H7ClO2.H2S/c9-5-6-3-1-2-4-7(6)8(10)11;/h1-4H,5H2,(H,10,11);1H2. The Morgan fingerprint density at radius 3 is 2.42 bits per heavy atom. The van der Waals surface area contributed by atoms with Crippen LogP contribution in [0.4, 0.5) is 0 Å². The van der Waals surface area contributed by atoms with Gasteiger partial charge in [0.25, 0.3) is 0 Å². The maximum Gasteiger partial charge on any atom is 0.336 e. The Morgan fingerprint density at radius 1 is 1.42 bits per heavy atom. The molecule has 0 aliphatic carbocycles. The summed E-state index contributed by atoms with van der Waals surface area (Å²) in [6, 6.07) is 6.69. The molecule has 0 radical (unpaired) electrons. The van der Waals surface area contributed by atoms with Gasteiger partial charge in [-0.25, -0.2) is 4.79 Å². The van der Waals surface area contributed by atoms with Crippen molar-refractivity contribution in [3.05, 3.63) is 35.4 Å². The Balaban J connectivity index is 0.00000121. The van der Waals surface area contributed by atoms with Crippen LogP contribution in [0, 0.1) is 0 Å². The number of hydrogen-bond acceptors (Lipinski definition) is 1. The highest BCUT2D eigenvalue weighted by Gasteiger charge is 2.06. The van der Waals surface area contributed by atoms with E-state index in [4.69, 9.17) is 16.7 Å². The minimum Gasteiger partial charge on any atom is -0.478 e. The lowest BCUT2D eigenvalue weighted by atomic mass is 10.1. The third kappa shape index (κ3) is 2.43. The number of carbonyl (C=O) groups is 1. The van der Waals surface area contributed by atoms with Gasteiger partial charge in [0.2, 0.25) is 0 Å². The first-order valence-electron chi connectivity index (χ1n) is 3.13. The lowest BCUT2D eigenvalue weighted by molar-refractivity contribution is 0.0696. The van der Waals surface area contributed by atoms with Crippen LogP contribution in [-0.4, -0.2) is 11.1 Å². The molecule has 0 fully saturated rings. The summed E-state index contributed by atoms with van der Waals surface area (Å²) in [5.74, 6) is -0.691. The van der Waals surface area contributed by atoms with Crippen molar-refractivity contribution in [2.24, 2.45) is 0 Å². The van der Waals surface area contributed by atoms with Crippen LogP contribution in [0.15, 0.2) is 24.3 Å².